The number of carbonyl (C=O) groups is 1. The Hall–Kier alpha value is -2.35. The maximum Gasteiger partial charge on any atom is 0.158 e. The molecular formula is C19H18O2. The number of rotatable bonds is 3. The first kappa shape index (κ1) is 13.6. The highest BCUT2D eigenvalue weighted by molar-refractivity contribution is 6.00. The number of para-hydroxylation sites is 1. The molecule has 0 spiro atoms. The molecule has 0 aliphatic heterocycles. The van der Waals surface area contributed by atoms with Gasteiger partial charge in [-0.1, -0.05) is 30.3 Å². The van der Waals surface area contributed by atoms with E-state index in [2.05, 4.69) is 0 Å². The summed E-state index contributed by atoms with van der Waals surface area (Å²) in [5.74, 6) is 1.93. The van der Waals surface area contributed by atoms with E-state index in [4.69, 9.17) is 4.74 Å². The van der Waals surface area contributed by atoms with Crippen molar-refractivity contribution in [3.05, 3.63) is 65.7 Å². The summed E-state index contributed by atoms with van der Waals surface area (Å²) in [5, 5.41) is 0. The Labute approximate surface area is 125 Å². The van der Waals surface area contributed by atoms with E-state index in [1.54, 1.807) is 0 Å². The molecule has 0 heterocycles. The zero-order chi connectivity index (χ0) is 14.5. The van der Waals surface area contributed by atoms with Crippen LogP contribution in [0.25, 0.3) is 6.08 Å². The number of Topliss-reactive ketones (excluding diaryl/α,β-unsaturated/α-hetero) is 1. The van der Waals surface area contributed by atoms with Crippen molar-refractivity contribution in [2.75, 3.05) is 0 Å². The van der Waals surface area contributed by atoms with Gasteiger partial charge in [0, 0.05) is 6.42 Å². The molecule has 2 aromatic rings. The Kier molecular flexibility index (Phi) is 4.15. The molecule has 2 heteroatoms. The van der Waals surface area contributed by atoms with Gasteiger partial charge in [-0.3, -0.25) is 4.79 Å². The van der Waals surface area contributed by atoms with E-state index >= 15 is 0 Å². The third-order valence-corrected chi connectivity index (χ3v) is 3.66. The maximum atomic E-state index is 11.8. The average Bonchev–Trinajstić information content (AvgIpc) is 2.52. The largest absolute Gasteiger partial charge is 0.457 e. The summed E-state index contributed by atoms with van der Waals surface area (Å²) >= 11 is 0. The third kappa shape index (κ3) is 3.60. The zero-order valence-corrected chi connectivity index (χ0v) is 11.9. The van der Waals surface area contributed by atoms with Crippen LogP contribution >= 0.6 is 0 Å². The van der Waals surface area contributed by atoms with Crippen molar-refractivity contribution in [2.45, 2.75) is 25.7 Å². The van der Waals surface area contributed by atoms with E-state index in [0.29, 0.717) is 12.2 Å². The van der Waals surface area contributed by atoms with Gasteiger partial charge in [-0.25, -0.2) is 0 Å². The van der Waals surface area contributed by atoms with E-state index in [1.807, 2.05) is 60.7 Å². The van der Waals surface area contributed by atoms with Crippen molar-refractivity contribution >= 4 is 11.9 Å². The number of hydrogen-bond donors (Lipinski definition) is 0. The fraction of sp³-hybridized carbons (Fsp3) is 0.211. The number of carbonyl (C=O) groups excluding carboxylic acids is 1. The minimum atomic E-state index is 0.297. The van der Waals surface area contributed by atoms with Gasteiger partial charge in [-0.05, 0) is 60.7 Å². The molecule has 0 atom stereocenters. The first-order valence-corrected chi connectivity index (χ1v) is 7.38. The molecule has 0 unspecified atom stereocenters. The Morgan fingerprint density at radius 3 is 2.19 bits per heavy atom. The van der Waals surface area contributed by atoms with Crippen molar-refractivity contribution < 1.29 is 9.53 Å². The lowest BCUT2D eigenvalue weighted by atomic mass is 9.92. The van der Waals surface area contributed by atoms with Gasteiger partial charge < -0.3 is 4.74 Å². The van der Waals surface area contributed by atoms with Gasteiger partial charge in [0.05, 0.1) is 0 Å². The number of ketones is 1. The minimum Gasteiger partial charge on any atom is -0.457 e. The van der Waals surface area contributed by atoms with Crippen LogP contribution in [0, 0.1) is 0 Å². The topological polar surface area (TPSA) is 26.3 Å². The standard InChI is InChI=1S/C19H18O2/c20-19-9-5-4-6-16(19)14-15-10-12-18(13-11-15)21-17-7-2-1-3-8-17/h1-3,7-8,10-14H,4-6,9H2/b16-14+. The van der Waals surface area contributed by atoms with Gasteiger partial charge >= 0.3 is 0 Å². The predicted octanol–water partition coefficient (Wildman–Crippen LogP) is 5.01. The van der Waals surface area contributed by atoms with Gasteiger partial charge in [0.15, 0.2) is 5.78 Å². The Balaban J connectivity index is 1.72. The number of hydrogen-bond acceptors (Lipinski definition) is 2. The molecule has 0 radical (unpaired) electrons. The highest BCUT2D eigenvalue weighted by atomic mass is 16.5. The number of ether oxygens (including phenoxy) is 1. The summed E-state index contributed by atoms with van der Waals surface area (Å²) in [6.07, 6.45) is 5.75. The zero-order valence-electron chi connectivity index (χ0n) is 11.9. The maximum absolute atomic E-state index is 11.8. The van der Waals surface area contributed by atoms with Gasteiger partial charge in [-0.15, -0.1) is 0 Å². The van der Waals surface area contributed by atoms with E-state index in [1.165, 1.54) is 0 Å². The lowest BCUT2D eigenvalue weighted by molar-refractivity contribution is -0.116. The van der Waals surface area contributed by atoms with Crippen LogP contribution in [0.3, 0.4) is 0 Å². The smallest absolute Gasteiger partial charge is 0.158 e. The van der Waals surface area contributed by atoms with Gasteiger partial charge in [0.25, 0.3) is 0 Å². The van der Waals surface area contributed by atoms with E-state index < -0.39 is 0 Å². The molecule has 1 aliphatic carbocycles. The van der Waals surface area contributed by atoms with Crippen LogP contribution < -0.4 is 4.74 Å². The Morgan fingerprint density at radius 1 is 0.810 bits per heavy atom. The van der Waals surface area contributed by atoms with Crippen LogP contribution in [0.2, 0.25) is 0 Å². The Morgan fingerprint density at radius 2 is 1.48 bits per heavy atom. The molecule has 0 N–H and O–H groups in total. The average molecular weight is 278 g/mol. The summed E-state index contributed by atoms with van der Waals surface area (Å²) in [5.41, 5.74) is 2.01. The second-order valence-electron chi connectivity index (χ2n) is 5.28. The summed E-state index contributed by atoms with van der Waals surface area (Å²) in [6.45, 7) is 0. The lowest BCUT2D eigenvalue weighted by Gasteiger charge is -2.12. The predicted molar refractivity (Wildman–Crippen MR) is 84.4 cm³/mol. The molecule has 3 rings (SSSR count). The van der Waals surface area contributed by atoms with Gasteiger partial charge in [-0.2, -0.15) is 0 Å². The summed E-state index contributed by atoms with van der Waals surface area (Å²) in [4.78, 5) is 11.8. The molecule has 106 valence electrons. The fourth-order valence-electron chi connectivity index (χ4n) is 2.51. The van der Waals surface area contributed by atoms with Crippen LogP contribution in [0.1, 0.15) is 31.2 Å². The molecule has 2 aromatic carbocycles. The van der Waals surface area contributed by atoms with Crippen LogP contribution in [-0.2, 0) is 4.79 Å². The van der Waals surface area contributed by atoms with Crippen molar-refractivity contribution in [1.29, 1.82) is 0 Å². The summed E-state index contributed by atoms with van der Waals surface area (Å²) in [6, 6.07) is 17.6. The second-order valence-corrected chi connectivity index (χ2v) is 5.28. The first-order chi connectivity index (χ1) is 10.3. The highest BCUT2D eigenvalue weighted by Gasteiger charge is 2.14. The molecule has 0 bridgehead atoms. The van der Waals surface area contributed by atoms with Crippen molar-refractivity contribution in [2.24, 2.45) is 0 Å². The summed E-state index contributed by atoms with van der Waals surface area (Å²) < 4.78 is 5.76. The quantitative estimate of drug-likeness (QED) is 0.738. The Bertz CT molecular complexity index is 639. The van der Waals surface area contributed by atoms with Gasteiger partial charge in [0.2, 0.25) is 0 Å². The SMILES string of the molecule is O=C1CCCC/C1=C\c1ccc(Oc2ccccc2)cc1. The van der Waals surface area contributed by atoms with E-state index in [0.717, 1.165) is 41.9 Å². The van der Waals surface area contributed by atoms with E-state index in [9.17, 15) is 4.79 Å². The van der Waals surface area contributed by atoms with Crippen molar-refractivity contribution in [1.82, 2.24) is 0 Å². The monoisotopic (exact) mass is 278 g/mol. The summed E-state index contributed by atoms with van der Waals surface area (Å²) in [7, 11) is 0. The lowest BCUT2D eigenvalue weighted by Crippen LogP contribution is -2.07. The van der Waals surface area contributed by atoms with Crippen LogP contribution in [0.15, 0.2) is 60.2 Å². The van der Waals surface area contributed by atoms with Crippen LogP contribution in [0.5, 0.6) is 11.5 Å². The number of allylic oxidation sites excluding steroid dienone is 1. The molecule has 0 aromatic heterocycles. The van der Waals surface area contributed by atoms with Crippen molar-refractivity contribution in [3.63, 3.8) is 0 Å². The molecule has 0 amide bonds. The van der Waals surface area contributed by atoms with E-state index in [-0.39, 0.29) is 0 Å². The normalized spacial score (nSPS) is 17.0. The molecule has 2 nitrogen and oxygen atoms in total. The van der Waals surface area contributed by atoms with Crippen molar-refractivity contribution in [3.8, 4) is 11.5 Å². The third-order valence-electron chi connectivity index (χ3n) is 3.66. The van der Waals surface area contributed by atoms with Crippen LogP contribution in [0.4, 0.5) is 0 Å². The number of benzene rings is 2. The first-order valence-electron chi connectivity index (χ1n) is 7.38. The van der Waals surface area contributed by atoms with Crippen LogP contribution in [-0.4, -0.2) is 5.78 Å². The molecule has 1 saturated carbocycles. The molecule has 0 saturated heterocycles. The fourth-order valence-corrected chi connectivity index (χ4v) is 2.51. The highest BCUT2D eigenvalue weighted by Crippen LogP contribution is 2.24. The second kappa shape index (κ2) is 6.40. The molecule has 21 heavy (non-hydrogen) atoms. The van der Waals surface area contributed by atoms with Gasteiger partial charge in [0.1, 0.15) is 11.5 Å². The molecule has 1 aliphatic rings. The molecular weight excluding hydrogens is 260 g/mol. The minimum absolute atomic E-state index is 0.297. The molecule has 1 fully saturated rings.